The number of carboxylic acids is 1. The summed E-state index contributed by atoms with van der Waals surface area (Å²) < 4.78 is 0. The molecular formula is C13H21N3O3. The molecule has 19 heavy (non-hydrogen) atoms. The summed E-state index contributed by atoms with van der Waals surface area (Å²) in [6, 6.07) is 1.98. The van der Waals surface area contributed by atoms with Crippen LogP contribution in [0.1, 0.15) is 26.2 Å². The van der Waals surface area contributed by atoms with Crippen LogP contribution in [-0.2, 0) is 4.79 Å². The van der Waals surface area contributed by atoms with Crippen molar-refractivity contribution in [1.82, 2.24) is 9.80 Å². The van der Waals surface area contributed by atoms with Gasteiger partial charge in [-0.1, -0.05) is 0 Å². The van der Waals surface area contributed by atoms with E-state index in [9.17, 15) is 9.59 Å². The number of urea groups is 1. The molecule has 1 rings (SSSR count). The molecule has 1 N–H and O–H groups in total. The summed E-state index contributed by atoms with van der Waals surface area (Å²) in [5.41, 5.74) is 0. The Morgan fingerprint density at radius 3 is 2.84 bits per heavy atom. The predicted molar refractivity (Wildman–Crippen MR) is 69.4 cm³/mol. The van der Waals surface area contributed by atoms with Gasteiger partial charge >= 0.3 is 12.0 Å². The fraction of sp³-hybridized carbons (Fsp3) is 0.769. The number of likely N-dealkylation sites (tertiary alicyclic amines) is 1. The molecule has 0 saturated carbocycles. The minimum Gasteiger partial charge on any atom is -0.481 e. The average molecular weight is 267 g/mol. The molecule has 0 bridgehead atoms. The van der Waals surface area contributed by atoms with E-state index in [0.717, 1.165) is 12.8 Å². The van der Waals surface area contributed by atoms with Crippen LogP contribution in [0.4, 0.5) is 4.79 Å². The minimum atomic E-state index is -0.814. The van der Waals surface area contributed by atoms with Gasteiger partial charge in [-0.15, -0.1) is 0 Å². The maximum Gasteiger partial charge on any atom is 0.319 e. The molecular weight excluding hydrogens is 246 g/mol. The molecule has 106 valence electrons. The van der Waals surface area contributed by atoms with Crippen LogP contribution in [0.2, 0.25) is 0 Å². The number of piperidine rings is 1. The SMILES string of the molecule is CC(C#N)CN(C)C(=O)N1CCCC(CC(=O)O)C1. The Balaban J connectivity index is 2.52. The summed E-state index contributed by atoms with van der Waals surface area (Å²) in [4.78, 5) is 26.1. The van der Waals surface area contributed by atoms with Gasteiger partial charge in [0.05, 0.1) is 12.0 Å². The van der Waals surface area contributed by atoms with Gasteiger partial charge in [0.25, 0.3) is 0 Å². The van der Waals surface area contributed by atoms with Crippen LogP contribution < -0.4 is 0 Å². The van der Waals surface area contributed by atoms with E-state index < -0.39 is 5.97 Å². The van der Waals surface area contributed by atoms with E-state index in [-0.39, 0.29) is 24.3 Å². The molecule has 2 atom stereocenters. The summed E-state index contributed by atoms with van der Waals surface area (Å²) in [5, 5.41) is 17.6. The Morgan fingerprint density at radius 1 is 1.58 bits per heavy atom. The number of aliphatic carboxylic acids is 1. The molecule has 1 saturated heterocycles. The van der Waals surface area contributed by atoms with E-state index in [1.807, 2.05) is 0 Å². The summed E-state index contributed by atoms with van der Waals surface area (Å²) in [6.45, 7) is 3.33. The summed E-state index contributed by atoms with van der Waals surface area (Å²) in [7, 11) is 1.68. The van der Waals surface area contributed by atoms with Gasteiger partial charge < -0.3 is 14.9 Å². The van der Waals surface area contributed by atoms with Gasteiger partial charge in [-0.2, -0.15) is 5.26 Å². The Kier molecular flexibility index (Phi) is 5.61. The van der Waals surface area contributed by atoms with Crippen molar-refractivity contribution in [3.8, 4) is 6.07 Å². The molecule has 1 heterocycles. The van der Waals surface area contributed by atoms with Crippen LogP contribution in [0.15, 0.2) is 0 Å². The number of nitriles is 1. The number of rotatable bonds is 4. The van der Waals surface area contributed by atoms with E-state index in [0.29, 0.717) is 19.6 Å². The highest BCUT2D eigenvalue weighted by Crippen LogP contribution is 2.20. The number of hydrogen-bond donors (Lipinski definition) is 1. The minimum absolute atomic E-state index is 0.0389. The Hall–Kier alpha value is -1.77. The lowest BCUT2D eigenvalue weighted by Gasteiger charge is -2.35. The molecule has 0 spiro atoms. The second-order valence-corrected chi connectivity index (χ2v) is 5.25. The van der Waals surface area contributed by atoms with E-state index >= 15 is 0 Å². The van der Waals surface area contributed by atoms with Crippen molar-refractivity contribution in [2.24, 2.45) is 11.8 Å². The first-order chi connectivity index (χ1) is 8.93. The highest BCUT2D eigenvalue weighted by molar-refractivity contribution is 5.74. The van der Waals surface area contributed by atoms with Gasteiger partial charge in [0.1, 0.15) is 0 Å². The van der Waals surface area contributed by atoms with Crippen LogP contribution >= 0.6 is 0 Å². The van der Waals surface area contributed by atoms with E-state index in [1.165, 1.54) is 4.90 Å². The molecule has 1 aliphatic heterocycles. The summed E-state index contributed by atoms with van der Waals surface area (Å²) in [5.74, 6) is -0.976. The molecule has 6 heteroatoms. The number of carboxylic acid groups (broad SMARTS) is 1. The lowest BCUT2D eigenvalue weighted by molar-refractivity contribution is -0.138. The van der Waals surface area contributed by atoms with Crippen molar-refractivity contribution in [3.63, 3.8) is 0 Å². The quantitative estimate of drug-likeness (QED) is 0.834. The zero-order chi connectivity index (χ0) is 14.4. The molecule has 2 unspecified atom stereocenters. The van der Waals surface area contributed by atoms with Crippen LogP contribution in [0.3, 0.4) is 0 Å². The predicted octanol–water partition coefficient (Wildman–Crippen LogP) is 1.38. The third kappa shape index (κ3) is 4.78. The third-order valence-corrected chi connectivity index (χ3v) is 3.35. The monoisotopic (exact) mass is 267 g/mol. The van der Waals surface area contributed by atoms with Gasteiger partial charge in [0, 0.05) is 33.1 Å². The fourth-order valence-corrected chi connectivity index (χ4v) is 2.42. The highest BCUT2D eigenvalue weighted by atomic mass is 16.4. The Bertz CT molecular complexity index is 378. The Labute approximate surface area is 113 Å². The smallest absolute Gasteiger partial charge is 0.319 e. The lowest BCUT2D eigenvalue weighted by Crippen LogP contribution is -2.47. The molecule has 1 aliphatic rings. The molecule has 1 fully saturated rings. The van der Waals surface area contributed by atoms with E-state index in [1.54, 1.807) is 18.9 Å². The van der Waals surface area contributed by atoms with E-state index in [4.69, 9.17) is 10.4 Å². The molecule has 6 nitrogen and oxygen atoms in total. The van der Waals surface area contributed by atoms with Crippen molar-refractivity contribution >= 4 is 12.0 Å². The molecule has 2 amide bonds. The van der Waals surface area contributed by atoms with Gasteiger partial charge in [0.2, 0.25) is 0 Å². The van der Waals surface area contributed by atoms with Gasteiger partial charge in [-0.25, -0.2) is 4.79 Å². The van der Waals surface area contributed by atoms with Crippen LogP contribution in [0.25, 0.3) is 0 Å². The van der Waals surface area contributed by atoms with Gasteiger partial charge in [0.15, 0.2) is 0 Å². The first-order valence-corrected chi connectivity index (χ1v) is 6.55. The topological polar surface area (TPSA) is 84.6 Å². The average Bonchev–Trinajstić information content (AvgIpc) is 2.37. The summed E-state index contributed by atoms with van der Waals surface area (Å²) >= 11 is 0. The molecule has 0 aliphatic carbocycles. The van der Waals surface area contributed by atoms with Gasteiger partial charge in [-0.3, -0.25) is 4.79 Å². The first-order valence-electron chi connectivity index (χ1n) is 6.55. The summed E-state index contributed by atoms with van der Waals surface area (Å²) in [6.07, 6.45) is 1.81. The second kappa shape index (κ2) is 6.98. The van der Waals surface area contributed by atoms with E-state index in [2.05, 4.69) is 6.07 Å². The standard InChI is InChI=1S/C13H21N3O3/c1-10(7-14)8-15(2)13(19)16-5-3-4-11(9-16)6-12(17)18/h10-11H,3-6,8-9H2,1-2H3,(H,17,18). The zero-order valence-corrected chi connectivity index (χ0v) is 11.5. The lowest BCUT2D eigenvalue weighted by atomic mass is 9.95. The van der Waals surface area contributed by atoms with Crippen molar-refractivity contribution < 1.29 is 14.7 Å². The van der Waals surface area contributed by atoms with Crippen LogP contribution in [-0.4, -0.2) is 53.6 Å². The highest BCUT2D eigenvalue weighted by Gasteiger charge is 2.27. The van der Waals surface area contributed by atoms with Crippen molar-refractivity contribution in [3.05, 3.63) is 0 Å². The molecule has 0 radical (unpaired) electrons. The maximum absolute atomic E-state index is 12.2. The van der Waals surface area contributed by atoms with Gasteiger partial charge in [-0.05, 0) is 25.7 Å². The van der Waals surface area contributed by atoms with Crippen molar-refractivity contribution in [2.45, 2.75) is 26.2 Å². The number of nitrogens with zero attached hydrogens (tertiary/aromatic N) is 3. The van der Waals surface area contributed by atoms with Crippen molar-refractivity contribution in [2.75, 3.05) is 26.7 Å². The maximum atomic E-state index is 12.2. The number of hydrogen-bond acceptors (Lipinski definition) is 3. The molecule has 0 aromatic carbocycles. The van der Waals surface area contributed by atoms with Crippen molar-refractivity contribution in [1.29, 1.82) is 5.26 Å². The zero-order valence-electron chi connectivity index (χ0n) is 11.5. The number of amides is 2. The second-order valence-electron chi connectivity index (χ2n) is 5.25. The first kappa shape index (κ1) is 15.3. The van der Waals surface area contributed by atoms with Crippen LogP contribution in [0, 0.1) is 23.2 Å². The normalized spacial score (nSPS) is 20.5. The molecule has 0 aromatic rings. The van der Waals surface area contributed by atoms with Crippen LogP contribution in [0.5, 0.6) is 0 Å². The Morgan fingerprint density at radius 2 is 2.26 bits per heavy atom. The fourth-order valence-electron chi connectivity index (χ4n) is 2.42. The largest absolute Gasteiger partial charge is 0.481 e. The number of carbonyl (C=O) groups is 2. The third-order valence-electron chi connectivity index (χ3n) is 3.35. The number of carbonyl (C=O) groups excluding carboxylic acids is 1. The molecule has 0 aromatic heterocycles.